The maximum Gasteiger partial charge on any atom is 0.261 e. The molecule has 0 bridgehead atoms. The lowest BCUT2D eigenvalue weighted by Gasteiger charge is -2.23. The Labute approximate surface area is 185 Å². The number of amides is 1. The van der Waals surface area contributed by atoms with Crippen LogP contribution in [0.25, 0.3) is 21.9 Å². The highest BCUT2D eigenvalue weighted by atomic mass is 16.2. The zero-order valence-electron chi connectivity index (χ0n) is 18.2. The number of carbonyl (C=O) groups excluding carboxylic acids is 1. The third-order valence-corrected chi connectivity index (χ3v) is 5.93. The second-order valence-corrected chi connectivity index (χ2v) is 8.06. The number of rotatable bonds is 3. The van der Waals surface area contributed by atoms with Crippen molar-refractivity contribution in [2.45, 2.75) is 26.3 Å². The number of hydrogen-bond donors (Lipinski definition) is 0. The van der Waals surface area contributed by atoms with Crippen molar-refractivity contribution in [1.29, 1.82) is 0 Å². The molecular formula is C24H24N6O2. The topological polar surface area (TPSA) is 84.2 Å². The van der Waals surface area contributed by atoms with Gasteiger partial charge in [0.1, 0.15) is 5.82 Å². The van der Waals surface area contributed by atoms with E-state index in [1.807, 2.05) is 54.4 Å². The lowest BCUT2D eigenvalue weighted by molar-refractivity contribution is -0.118. The fraction of sp³-hybridized carbons (Fsp3) is 0.292. The normalized spacial score (nSPS) is 13.9. The van der Waals surface area contributed by atoms with Gasteiger partial charge < -0.3 is 4.90 Å². The van der Waals surface area contributed by atoms with E-state index in [2.05, 4.69) is 4.98 Å². The lowest BCUT2D eigenvalue weighted by atomic mass is 10.2. The summed E-state index contributed by atoms with van der Waals surface area (Å²) in [5.41, 5.74) is 2.11. The average Bonchev–Trinajstić information content (AvgIpc) is 2.96. The van der Waals surface area contributed by atoms with Crippen LogP contribution in [0.15, 0.2) is 53.3 Å². The summed E-state index contributed by atoms with van der Waals surface area (Å²) in [6, 6.07) is 15.0. The second-order valence-electron chi connectivity index (χ2n) is 8.06. The molecule has 0 spiro atoms. The van der Waals surface area contributed by atoms with Gasteiger partial charge in [-0.1, -0.05) is 24.3 Å². The summed E-state index contributed by atoms with van der Waals surface area (Å²) in [6.07, 6.45) is 0.992. The Bertz CT molecular complexity index is 1400. The summed E-state index contributed by atoms with van der Waals surface area (Å²) in [7, 11) is 1.97. The Morgan fingerprint density at radius 2 is 1.56 bits per heavy atom. The Balaban J connectivity index is 1.47. The number of carbonyl (C=O) groups is 1. The van der Waals surface area contributed by atoms with Crippen LogP contribution in [0.2, 0.25) is 0 Å². The van der Waals surface area contributed by atoms with Crippen molar-refractivity contribution >= 4 is 39.5 Å². The van der Waals surface area contributed by atoms with Crippen LogP contribution >= 0.6 is 0 Å². The molecule has 0 N–H and O–H groups in total. The molecule has 8 nitrogen and oxygen atoms in total. The molecule has 0 radical (unpaired) electrons. The van der Waals surface area contributed by atoms with Crippen LogP contribution in [-0.4, -0.2) is 45.6 Å². The zero-order valence-corrected chi connectivity index (χ0v) is 18.2. The molecule has 1 amide bonds. The van der Waals surface area contributed by atoms with Crippen LogP contribution in [-0.2, 0) is 11.3 Å². The van der Waals surface area contributed by atoms with E-state index >= 15 is 0 Å². The molecule has 0 saturated carbocycles. The van der Waals surface area contributed by atoms with Gasteiger partial charge >= 0.3 is 0 Å². The SMILES string of the molecule is Cc1nc2ccccc2c(=O)n1CCC(=O)N1CCCN(C)c2nc3ccccc3nc21. The molecule has 1 aliphatic heterocycles. The standard InChI is InChI=1S/C24H24N6O2/c1-16-25-18-9-4-3-8-17(18)24(32)29(16)15-12-21(31)30-14-7-13-28(2)22-23(30)27-20-11-6-5-10-19(20)26-22/h3-6,8-11H,7,12-15H2,1-2H3. The van der Waals surface area contributed by atoms with Crippen molar-refractivity contribution in [3.63, 3.8) is 0 Å². The summed E-state index contributed by atoms with van der Waals surface area (Å²) in [5, 5.41) is 0.560. The fourth-order valence-electron chi connectivity index (χ4n) is 4.22. The van der Waals surface area contributed by atoms with E-state index in [4.69, 9.17) is 9.97 Å². The van der Waals surface area contributed by atoms with Crippen LogP contribution in [0.5, 0.6) is 0 Å². The monoisotopic (exact) mass is 428 g/mol. The highest BCUT2D eigenvalue weighted by molar-refractivity contribution is 5.96. The van der Waals surface area contributed by atoms with Gasteiger partial charge in [-0.05, 0) is 37.6 Å². The highest BCUT2D eigenvalue weighted by Crippen LogP contribution is 2.30. The quantitative estimate of drug-likeness (QED) is 0.499. The van der Waals surface area contributed by atoms with E-state index in [9.17, 15) is 9.59 Å². The van der Waals surface area contributed by atoms with Gasteiger partial charge in [0.2, 0.25) is 5.91 Å². The van der Waals surface area contributed by atoms with Crippen LogP contribution in [0.1, 0.15) is 18.7 Å². The van der Waals surface area contributed by atoms with Gasteiger partial charge in [-0.15, -0.1) is 0 Å². The first kappa shape index (κ1) is 20.1. The first-order valence-corrected chi connectivity index (χ1v) is 10.8. The summed E-state index contributed by atoms with van der Waals surface area (Å²) >= 11 is 0. The molecule has 5 rings (SSSR count). The van der Waals surface area contributed by atoms with E-state index in [1.165, 1.54) is 0 Å². The van der Waals surface area contributed by atoms with Crippen molar-refractivity contribution in [2.75, 3.05) is 29.9 Å². The zero-order chi connectivity index (χ0) is 22.2. The van der Waals surface area contributed by atoms with Crippen molar-refractivity contribution in [3.8, 4) is 0 Å². The highest BCUT2D eigenvalue weighted by Gasteiger charge is 2.26. The molecule has 3 heterocycles. The molecule has 162 valence electrons. The number of aryl methyl sites for hydroxylation is 1. The number of para-hydroxylation sites is 3. The van der Waals surface area contributed by atoms with Gasteiger partial charge in [0, 0.05) is 33.1 Å². The Hall–Kier alpha value is -3.81. The average molecular weight is 428 g/mol. The lowest BCUT2D eigenvalue weighted by Crippen LogP contribution is -2.34. The molecule has 32 heavy (non-hydrogen) atoms. The summed E-state index contributed by atoms with van der Waals surface area (Å²) < 4.78 is 1.58. The van der Waals surface area contributed by atoms with Crippen LogP contribution < -0.4 is 15.4 Å². The van der Waals surface area contributed by atoms with Crippen LogP contribution in [0.3, 0.4) is 0 Å². The smallest absolute Gasteiger partial charge is 0.261 e. The van der Waals surface area contributed by atoms with E-state index < -0.39 is 0 Å². The number of benzene rings is 2. The number of aromatic nitrogens is 4. The van der Waals surface area contributed by atoms with Gasteiger partial charge in [-0.2, -0.15) is 0 Å². The second kappa shape index (κ2) is 8.03. The predicted octanol–water partition coefficient (Wildman–Crippen LogP) is 2.91. The third kappa shape index (κ3) is 3.47. The Kier molecular flexibility index (Phi) is 5.05. The summed E-state index contributed by atoms with van der Waals surface area (Å²) in [4.78, 5) is 44.1. The van der Waals surface area contributed by atoms with Crippen LogP contribution in [0.4, 0.5) is 11.6 Å². The summed E-state index contributed by atoms with van der Waals surface area (Å²) in [6.45, 7) is 3.42. The van der Waals surface area contributed by atoms with Gasteiger partial charge in [0.15, 0.2) is 11.6 Å². The number of hydrogen-bond acceptors (Lipinski definition) is 6. The third-order valence-electron chi connectivity index (χ3n) is 5.93. The van der Waals surface area contributed by atoms with E-state index in [1.54, 1.807) is 22.5 Å². The van der Waals surface area contributed by atoms with Crippen molar-refractivity contribution < 1.29 is 4.79 Å². The Morgan fingerprint density at radius 1 is 0.906 bits per heavy atom. The first-order chi connectivity index (χ1) is 15.5. The molecule has 0 saturated heterocycles. The van der Waals surface area contributed by atoms with E-state index in [0.717, 1.165) is 24.0 Å². The van der Waals surface area contributed by atoms with E-state index in [-0.39, 0.29) is 24.4 Å². The molecule has 0 fully saturated rings. The number of fused-ring (bicyclic) bond motifs is 3. The molecule has 4 aromatic rings. The first-order valence-electron chi connectivity index (χ1n) is 10.8. The van der Waals surface area contributed by atoms with Crippen LogP contribution in [0, 0.1) is 6.92 Å². The molecule has 0 atom stereocenters. The Morgan fingerprint density at radius 3 is 2.31 bits per heavy atom. The molecule has 8 heteroatoms. The largest absolute Gasteiger partial charge is 0.357 e. The van der Waals surface area contributed by atoms with Gasteiger partial charge in [0.05, 0.1) is 21.9 Å². The van der Waals surface area contributed by atoms with Crippen molar-refractivity contribution in [1.82, 2.24) is 19.5 Å². The maximum atomic E-state index is 13.3. The molecule has 0 unspecified atom stereocenters. The number of anilines is 2. The molecule has 2 aromatic heterocycles. The van der Waals surface area contributed by atoms with Crippen molar-refractivity contribution in [3.05, 3.63) is 64.7 Å². The van der Waals surface area contributed by atoms with E-state index in [0.29, 0.717) is 34.9 Å². The van der Waals surface area contributed by atoms with Crippen molar-refractivity contribution in [2.24, 2.45) is 0 Å². The minimum Gasteiger partial charge on any atom is -0.357 e. The summed E-state index contributed by atoms with van der Waals surface area (Å²) in [5.74, 6) is 1.80. The number of nitrogens with zero attached hydrogens (tertiary/aromatic N) is 6. The fourth-order valence-corrected chi connectivity index (χ4v) is 4.22. The van der Waals surface area contributed by atoms with Gasteiger partial charge in [-0.3, -0.25) is 19.1 Å². The molecule has 1 aliphatic rings. The van der Waals surface area contributed by atoms with Gasteiger partial charge in [0.25, 0.3) is 5.56 Å². The minimum absolute atomic E-state index is 0.0782. The molecule has 0 aliphatic carbocycles. The minimum atomic E-state index is -0.123. The molecular weight excluding hydrogens is 404 g/mol. The molecule has 2 aromatic carbocycles. The predicted molar refractivity (Wildman–Crippen MR) is 125 cm³/mol. The van der Waals surface area contributed by atoms with Gasteiger partial charge in [-0.25, -0.2) is 15.0 Å². The maximum absolute atomic E-state index is 13.3.